The third kappa shape index (κ3) is 3.33. The summed E-state index contributed by atoms with van der Waals surface area (Å²) < 4.78 is 5.06. The number of nitrogens with one attached hydrogen (secondary N) is 1. The smallest absolute Gasteiger partial charge is 0.259 e. The van der Waals surface area contributed by atoms with E-state index in [1.54, 1.807) is 6.07 Å². The Balaban J connectivity index is 1.78. The molecule has 120 valence electrons. The summed E-state index contributed by atoms with van der Waals surface area (Å²) in [6.45, 7) is 0. The van der Waals surface area contributed by atoms with Crippen molar-refractivity contribution >= 4 is 11.6 Å². The van der Waals surface area contributed by atoms with Crippen LogP contribution in [0, 0.1) is 0 Å². The minimum Gasteiger partial charge on any atom is -0.507 e. The number of hydrogen-bond acceptors (Lipinski definition) is 5. The van der Waals surface area contributed by atoms with Crippen LogP contribution >= 0.6 is 0 Å². The molecule has 2 aromatic carbocycles. The highest BCUT2D eigenvalue weighted by atomic mass is 16.5. The van der Waals surface area contributed by atoms with Gasteiger partial charge in [-0.2, -0.15) is 0 Å². The van der Waals surface area contributed by atoms with Gasteiger partial charge in [0.25, 0.3) is 5.91 Å². The highest BCUT2D eigenvalue weighted by Crippen LogP contribution is 2.24. The van der Waals surface area contributed by atoms with Crippen molar-refractivity contribution in [1.29, 1.82) is 0 Å². The molecule has 3 rings (SSSR count). The van der Waals surface area contributed by atoms with Gasteiger partial charge in [-0.1, -0.05) is 30.3 Å². The second-order valence-corrected chi connectivity index (χ2v) is 5.00. The summed E-state index contributed by atoms with van der Waals surface area (Å²) in [5, 5.41) is 12.5. The number of anilines is 1. The van der Waals surface area contributed by atoms with Crippen LogP contribution in [0.1, 0.15) is 10.4 Å². The molecule has 0 aliphatic heterocycles. The van der Waals surface area contributed by atoms with Gasteiger partial charge >= 0.3 is 0 Å². The van der Waals surface area contributed by atoms with E-state index in [0.717, 1.165) is 5.56 Å². The molecule has 0 aliphatic rings. The van der Waals surface area contributed by atoms with Gasteiger partial charge in [-0.3, -0.25) is 4.79 Å². The van der Waals surface area contributed by atoms with E-state index in [9.17, 15) is 9.90 Å². The summed E-state index contributed by atoms with van der Waals surface area (Å²) in [6.07, 6.45) is 3.04. The van der Waals surface area contributed by atoms with Gasteiger partial charge in [-0.25, -0.2) is 9.97 Å². The average Bonchev–Trinajstić information content (AvgIpc) is 2.63. The minimum atomic E-state index is -0.470. The lowest BCUT2D eigenvalue weighted by Gasteiger charge is -2.08. The molecule has 0 atom stereocenters. The largest absolute Gasteiger partial charge is 0.507 e. The number of phenols is 1. The van der Waals surface area contributed by atoms with E-state index in [-0.39, 0.29) is 11.3 Å². The molecular formula is C18H15N3O3. The van der Waals surface area contributed by atoms with E-state index >= 15 is 0 Å². The zero-order valence-electron chi connectivity index (χ0n) is 12.9. The molecule has 0 radical (unpaired) electrons. The molecule has 0 unspecified atom stereocenters. The Labute approximate surface area is 138 Å². The normalized spacial score (nSPS) is 10.2. The fourth-order valence-electron chi connectivity index (χ4n) is 2.15. The van der Waals surface area contributed by atoms with E-state index in [1.165, 1.54) is 31.6 Å². The van der Waals surface area contributed by atoms with Crippen LogP contribution in [0.15, 0.2) is 60.9 Å². The molecule has 0 saturated heterocycles. The van der Waals surface area contributed by atoms with Crippen molar-refractivity contribution in [2.24, 2.45) is 0 Å². The Bertz CT molecular complexity index is 849. The number of nitrogens with zero attached hydrogens (tertiary/aromatic N) is 2. The summed E-state index contributed by atoms with van der Waals surface area (Å²) >= 11 is 0. The number of rotatable bonds is 4. The van der Waals surface area contributed by atoms with Gasteiger partial charge in [0.05, 0.1) is 30.8 Å². The van der Waals surface area contributed by atoms with Crippen LogP contribution in [0.4, 0.5) is 5.69 Å². The number of aromatic hydroxyl groups is 1. The Morgan fingerprint density at radius 3 is 2.46 bits per heavy atom. The van der Waals surface area contributed by atoms with Crippen molar-refractivity contribution in [2.45, 2.75) is 0 Å². The summed E-state index contributed by atoms with van der Waals surface area (Å²) in [6, 6.07) is 14.0. The number of ether oxygens (including phenoxy) is 1. The van der Waals surface area contributed by atoms with Gasteiger partial charge in [0, 0.05) is 5.56 Å². The zero-order chi connectivity index (χ0) is 16.9. The van der Waals surface area contributed by atoms with Crippen LogP contribution in [0.3, 0.4) is 0 Å². The van der Waals surface area contributed by atoms with Crippen LogP contribution in [0.2, 0.25) is 0 Å². The predicted molar refractivity (Wildman–Crippen MR) is 90.1 cm³/mol. The minimum absolute atomic E-state index is 0.112. The monoisotopic (exact) mass is 321 g/mol. The van der Waals surface area contributed by atoms with Crippen LogP contribution < -0.4 is 10.1 Å². The van der Waals surface area contributed by atoms with Gasteiger partial charge in [-0.15, -0.1) is 0 Å². The fraction of sp³-hybridized carbons (Fsp3) is 0.0556. The van der Waals surface area contributed by atoms with E-state index in [4.69, 9.17) is 4.74 Å². The van der Waals surface area contributed by atoms with Gasteiger partial charge in [0.1, 0.15) is 11.5 Å². The number of carbonyl (C=O) groups is 1. The number of amides is 1. The maximum Gasteiger partial charge on any atom is 0.259 e. The first-order valence-corrected chi connectivity index (χ1v) is 7.23. The number of hydrogen-bond donors (Lipinski definition) is 2. The second kappa shape index (κ2) is 6.78. The Kier molecular flexibility index (Phi) is 4.38. The second-order valence-electron chi connectivity index (χ2n) is 5.00. The van der Waals surface area contributed by atoms with Gasteiger partial charge in [-0.05, 0) is 18.2 Å². The van der Waals surface area contributed by atoms with Crippen LogP contribution in [0.5, 0.6) is 11.5 Å². The van der Waals surface area contributed by atoms with E-state index in [1.807, 2.05) is 30.3 Å². The van der Waals surface area contributed by atoms with E-state index in [2.05, 4.69) is 15.3 Å². The van der Waals surface area contributed by atoms with Gasteiger partial charge in [0.15, 0.2) is 5.82 Å². The fourth-order valence-corrected chi connectivity index (χ4v) is 2.15. The lowest BCUT2D eigenvalue weighted by molar-refractivity contribution is 0.102. The van der Waals surface area contributed by atoms with E-state index in [0.29, 0.717) is 17.3 Å². The molecule has 24 heavy (non-hydrogen) atoms. The van der Waals surface area contributed by atoms with Gasteiger partial charge in [0.2, 0.25) is 0 Å². The lowest BCUT2D eigenvalue weighted by Crippen LogP contribution is -2.12. The molecule has 2 N–H and O–H groups in total. The molecule has 0 spiro atoms. The predicted octanol–water partition coefficient (Wildman–Crippen LogP) is 3.11. The molecule has 3 aromatic rings. The molecular weight excluding hydrogens is 306 g/mol. The maximum atomic E-state index is 12.3. The summed E-state index contributed by atoms with van der Waals surface area (Å²) in [5.74, 6) is 0.448. The molecule has 0 bridgehead atoms. The molecule has 1 amide bonds. The number of benzene rings is 2. The van der Waals surface area contributed by atoms with Crippen molar-refractivity contribution < 1.29 is 14.6 Å². The first-order chi connectivity index (χ1) is 11.7. The molecule has 1 aromatic heterocycles. The van der Waals surface area contributed by atoms with Crippen LogP contribution in [-0.4, -0.2) is 28.1 Å². The van der Waals surface area contributed by atoms with Gasteiger partial charge < -0.3 is 15.2 Å². The molecule has 6 nitrogen and oxygen atoms in total. The Morgan fingerprint density at radius 1 is 1.08 bits per heavy atom. The number of methoxy groups -OCH3 is 1. The van der Waals surface area contributed by atoms with Crippen molar-refractivity contribution in [2.75, 3.05) is 12.4 Å². The average molecular weight is 321 g/mol. The summed E-state index contributed by atoms with van der Waals surface area (Å²) in [4.78, 5) is 20.8. The molecule has 6 heteroatoms. The summed E-state index contributed by atoms with van der Waals surface area (Å²) in [5.41, 5.74) is 1.43. The maximum absolute atomic E-state index is 12.3. The third-order valence-corrected chi connectivity index (χ3v) is 3.39. The number of carbonyl (C=O) groups excluding carboxylic acids is 1. The number of phenolic OH excluding ortho intramolecular Hbond substituents is 1. The molecule has 1 heterocycles. The van der Waals surface area contributed by atoms with Crippen molar-refractivity contribution in [1.82, 2.24) is 9.97 Å². The van der Waals surface area contributed by atoms with Crippen molar-refractivity contribution in [3.05, 3.63) is 66.5 Å². The quantitative estimate of drug-likeness (QED) is 0.771. The molecule has 0 saturated carbocycles. The lowest BCUT2D eigenvalue weighted by atomic mass is 10.1. The highest BCUT2D eigenvalue weighted by Gasteiger charge is 2.13. The number of aromatic nitrogens is 2. The zero-order valence-corrected chi connectivity index (χ0v) is 12.9. The van der Waals surface area contributed by atoms with Crippen molar-refractivity contribution in [3.8, 4) is 22.9 Å². The first-order valence-electron chi connectivity index (χ1n) is 7.23. The van der Waals surface area contributed by atoms with Crippen LogP contribution in [-0.2, 0) is 0 Å². The third-order valence-electron chi connectivity index (χ3n) is 3.39. The molecule has 0 aliphatic carbocycles. The summed E-state index contributed by atoms with van der Waals surface area (Å²) in [7, 11) is 1.49. The Morgan fingerprint density at radius 2 is 1.79 bits per heavy atom. The first kappa shape index (κ1) is 15.5. The standard InChI is InChI=1S/C18H15N3O3/c1-24-14-7-8-16(22)15(9-14)18(23)21-13-10-19-17(20-11-13)12-5-3-2-4-6-12/h2-11,22H,1H3,(H,21,23). The highest BCUT2D eigenvalue weighted by molar-refractivity contribution is 6.06. The SMILES string of the molecule is COc1ccc(O)c(C(=O)Nc2cnc(-c3ccccc3)nc2)c1. The van der Waals surface area contributed by atoms with Crippen LogP contribution in [0.25, 0.3) is 11.4 Å². The topological polar surface area (TPSA) is 84.3 Å². The van der Waals surface area contributed by atoms with E-state index < -0.39 is 5.91 Å². The Hall–Kier alpha value is -3.41. The molecule has 0 fully saturated rings. The van der Waals surface area contributed by atoms with Crippen molar-refractivity contribution in [3.63, 3.8) is 0 Å².